The number of unbranched alkanes of at least 4 members (excludes halogenated alkanes) is 5. The maximum atomic E-state index is 13.9. The fraction of sp³-hybridized carbons (Fsp3) is 0.373. The molecule has 6 aromatic rings. The molecule has 1 aliphatic carbocycles. The van der Waals surface area contributed by atoms with E-state index in [1.54, 1.807) is 17.0 Å². The lowest BCUT2D eigenvalue weighted by Crippen LogP contribution is -2.42. The van der Waals surface area contributed by atoms with Gasteiger partial charge in [-0.25, -0.2) is 4.79 Å². The highest BCUT2D eigenvalue weighted by Crippen LogP contribution is 2.63. The van der Waals surface area contributed by atoms with Crippen LogP contribution in [0.2, 0.25) is 10.0 Å². The van der Waals surface area contributed by atoms with Gasteiger partial charge in [0.05, 0.1) is 30.9 Å². The molecule has 0 unspecified atom stereocenters. The second-order valence-electron chi connectivity index (χ2n) is 19.7. The Morgan fingerprint density at radius 1 is 0.740 bits per heavy atom. The molecule has 1 aromatic heterocycles. The molecule has 404 valence electrons. The molecule has 0 radical (unpaired) electrons. The predicted octanol–water partition coefficient (Wildman–Crippen LogP) is 10.7. The lowest BCUT2D eigenvalue weighted by molar-refractivity contribution is -0.126. The highest BCUT2D eigenvalue weighted by atomic mass is 35.5. The number of nitrogens with one attached hydrogen (secondary N) is 3. The first-order valence-electron chi connectivity index (χ1n) is 26.3. The van der Waals surface area contributed by atoms with Gasteiger partial charge in [0.2, 0.25) is 11.8 Å². The summed E-state index contributed by atoms with van der Waals surface area (Å²) >= 11 is 13.2. The van der Waals surface area contributed by atoms with E-state index >= 15 is 0 Å². The Kier molecular flexibility index (Phi) is 16.5. The standard InChI is InChI=1S/C59H63Cl2N5O11/c1-5-34-16-15-18-39(28-34)65(6-2)48(67)33-66-44-19-12-11-17-36(44)30-45(66)57(72)64-38-23-20-35(21-24-38)55(70)62-26-13-9-7-8-10-14-27-63-56(71)37-22-25-41-40(29-37)58(73)77-59(41)42-31-46(74-3)51(68)49(60)53(42)76-54-43(59)32-47(75-4)52(69)50(54)61/h11-12,15-19,22,25,28-32,35,38,68-69H,5-10,13-14,20-21,23-24,26-27,33H2,1-4H3,(H,62,70)(H,63,71)(H,64,72)/t35-,38-. The van der Waals surface area contributed by atoms with Crippen LogP contribution in [0.3, 0.4) is 0 Å². The zero-order chi connectivity index (χ0) is 54.5. The Morgan fingerprint density at radius 2 is 1.38 bits per heavy atom. The molecule has 9 rings (SSSR count). The highest BCUT2D eigenvalue weighted by Gasteiger charge is 2.56. The number of fused-ring (bicyclic) bond motifs is 7. The molecule has 0 bridgehead atoms. The second kappa shape index (κ2) is 23.4. The molecule has 1 spiro atoms. The number of aryl methyl sites for hydroxylation is 1. The van der Waals surface area contributed by atoms with Gasteiger partial charge in [0.15, 0.2) is 40.1 Å². The maximum absolute atomic E-state index is 13.9. The Bertz CT molecular complexity index is 3190. The first-order chi connectivity index (χ1) is 37.2. The largest absolute Gasteiger partial charge is 0.503 e. The number of hydrogen-bond acceptors (Lipinski definition) is 11. The van der Waals surface area contributed by atoms with Crippen molar-refractivity contribution in [2.24, 2.45) is 5.92 Å². The van der Waals surface area contributed by atoms with Gasteiger partial charge >= 0.3 is 5.97 Å². The molecule has 0 saturated heterocycles. The minimum atomic E-state index is -1.76. The molecule has 5 aromatic carbocycles. The van der Waals surface area contributed by atoms with E-state index < -0.39 is 23.1 Å². The van der Waals surface area contributed by atoms with Gasteiger partial charge in [-0.2, -0.15) is 0 Å². The molecule has 0 atom stereocenters. The normalized spacial score (nSPS) is 15.9. The van der Waals surface area contributed by atoms with Crippen molar-refractivity contribution in [3.05, 3.63) is 134 Å². The number of ether oxygens (including phenoxy) is 4. The van der Waals surface area contributed by atoms with Crippen molar-refractivity contribution in [2.45, 2.75) is 103 Å². The van der Waals surface area contributed by atoms with Gasteiger partial charge in [-0.15, -0.1) is 0 Å². The summed E-state index contributed by atoms with van der Waals surface area (Å²) in [6.07, 6.45) is 8.95. The third-order valence-electron chi connectivity index (χ3n) is 15.1. The highest BCUT2D eigenvalue weighted by molar-refractivity contribution is 6.35. The molecule has 77 heavy (non-hydrogen) atoms. The van der Waals surface area contributed by atoms with Crippen LogP contribution < -0.4 is 35.1 Å². The molecule has 1 fully saturated rings. The van der Waals surface area contributed by atoms with E-state index in [1.165, 1.54) is 32.4 Å². The number of aromatic hydroxyl groups is 2. The van der Waals surface area contributed by atoms with Crippen molar-refractivity contribution in [1.82, 2.24) is 20.5 Å². The van der Waals surface area contributed by atoms with E-state index in [2.05, 4.69) is 22.9 Å². The monoisotopic (exact) mass is 1090 g/mol. The van der Waals surface area contributed by atoms with E-state index in [0.717, 1.165) is 67.1 Å². The van der Waals surface area contributed by atoms with Gasteiger partial charge in [-0.1, -0.05) is 92.2 Å². The molecule has 1 saturated carbocycles. The summed E-state index contributed by atoms with van der Waals surface area (Å²) in [6, 6.07) is 25.0. The first-order valence-corrected chi connectivity index (χ1v) is 27.1. The maximum Gasteiger partial charge on any atom is 0.340 e. The summed E-state index contributed by atoms with van der Waals surface area (Å²) in [4.78, 5) is 69.8. The van der Waals surface area contributed by atoms with Crippen molar-refractivity contribution in [3.8, 4) is 34.5 Å². The number of amides is 4. The number of phenols is 2. The number of benzene rings is 5. The fourth-order valence-electron chi connectivity index (χ4n) is 10.9. The van der Waals surface area contributed by atoms with Crippen LogP contribution in [-0.4, -0.2) is 84.3 Å². The SMILES string of the molecule is CCc1cccc(N(CC)C(=O)Cn2c(C(=O)N[C@H]3CC[C@H](C(=O)NCCCCCCCCNC(=O)c4ccc5c(c4)C(=O)OC54c5cc(OC)c(O)c(Cl)c5Oc5c4cc(OC)c(O)c5Cl)CC3)cc3ccccc32)c1. The number of halogens is 2. The van der Waals surface area contributed by atoms with Crippen LogP contribution in [-0.2, 0) is 32.9 Å². The zero-order valence-electron chi connectivity index (χ0n) is 43.6. The molecule has 5 N–H and O–H groups in total. The van der Waals surface area contributed by atoms with Crippen molar-refractivity contribution < 1.29 is 53.1 Å². The summed E-state index contributed by atoms with van der Waals surface area (Å²) in [5, 5.41) is 31.3. The average Bonchev–Trinajstić information content (AvgIpc) is 4.02. The van der Waals surface area contributed by atoms with E-state index in [-0.39, 0.29) is 97.4 Å². The molecule has 4 amide bonds. The predicted molar refractivity (Wildman–Crippen MR) is 293 cm³/mol. The average molecular weight is 1090 g/mol. The van der Waals surface area contributed by atoms with Crippen LogP contribution in [0.25, 0.3) is 10.9 Å². The van der Waals surface area contributed by atoms with Crippen LogP contribution in [0.15, 0.2) is 84.9 Å². The van der Waals surface area contributed by atoms with E-state index in [0.29, 0.717) is 56.6 Å². The number of aromatic nitrogens is 1. The van der Waals surface area contributed by atoms with E-state index in [4.69, 9.17) is 42.1 Å². The first kappa shape index (κ1) is 54.4. The number of hydrogen-bond donors (Lipinski definition) is 5. The third kappa shape index (κ3) is 10.7. The number of para-hydroxylation sites is 1. The number of methoxy groups -OCH3 is 2. The van der Waals surface area contributed by atoms with Gasteiger partial charge in [0.1, 0.15) is 22.3 Å². The lowest BCUT2D eigenvalue weighted by atomic mass is 9.77. The molecular weight excluding hydrogens is 1030 g/mol. The smallest absolute Gasteiger partial charge is 0.340 e. The molecular formula is C59H63Cl2N5O11. The number of anilines is 1. The topological polar surface area (TPSA) is 207 Å². The number of nitrogens with zero attached hydrogens (tertiary/aromatic N) is 2. The quantitative estimate of drug-likeness (QED) is 0.0359. The van der Waals surface area contributed by atoms with Crippen molar-refractivity contribution >= 4 is 69.4 Å². The summed E-state index contributed by atoms with van der Waals surface area (Å²) in [6.45, 7) is 5.57. The minimum absolute atomic E-state index is 0.0170. The molecule has 16 nitrogen and oxygen atoms in total. The lowest BCUT2D eigenvalue weighted by Gasteiger charge is -2.37. The molecule has 2 aliphatic heterocycles. The number of likely N-dealkylation sites (N-methyl/N-ethyl adjacent to an activating group) is 1. The van der Waals surface area contributed by atoms with Crippen LogP contribution >= 0.6 is 23.2 Å². The van der Waals surface area contributed by atoms with Gasteiger partial charge in [-0.05, 0) is 106 Å². The van der Waals surface area contributed by atoms with Crippen LogP contribution in [0.1, 0.15) is 132 Å². The van der Waals surface area contributed by atoms with Gasteiger partial charge in [-0.3, -0.25) is 19.2 Å². The molecule has 3 heterocycles. The molecule has 18 heteroatoms. The molecule has 3 aliphatic rings. The third-order valence-corrected chi connectivity index (χ3v) is 15.8. The fourth-order valence-corrected chi connectivity index (χ4v) is 11.4. The zero-order valence-corrected chi connectivity index (χ0v) is 45.1. The van der Waals surface area contributed by atoms with Crippen LogP contribution in [0.4, 0.5) is 5.69 Å². The van der Waals surface area contributed by atoms with Crippen molar-refractivity contribution in [1.29, 1.82) is 0 Å². The number of phenolic OH excluding ortho intramolecular Hbond substituents is 2. The summed E-state index contributed by atoms with van der Waals surface area (Å²) in [5.41, 5.74) is 2.58. The number of rotatable bonds is 20. The Labute approximate surface area is 456 Å². The number of carbonyl (C=O) groups excluding carboxylic acids is 5. The van der Waals surface area contributed by atoms with Gasteiger partial charge < -0.3 is 54.6 Å². The number of carbonyl (C=O) groups is 5. The van der Waals surface area contributed by atoms with Gasteiger partial charge in [0.25, 0.3) is 11.8 Å². The van der Waals surface area contributed by atoms with Crippen LogP contribution in [0, 0.1) is 5.92 Å². The Hall–Kier alpha value is -7.43. The second-order valence-corrected chi connectivity index (χ2v) is 20.5. The summed E-state index contributed by atoms with van der Waals surface area (Å²) < 4.78 is 24.9. The van der Waals surface area contributed by atoms with Crippen LogP contribution in [0.5, 0.6) is 34.5 Å². The summed E-state index contributed by atoms with van der Waals surface area (Å²) in [7, 11) is 2.68. The van der Waals surface area contributed by atoms with Crippen molar-refractivity contribution in [2.75, 3.05) is 38.8 Å². The Morgan fingerprint density at radius 3 is 2.01 bits per heavy atom. The summed E-state index contributed by atoms with van der Waals surface area (Å²) in [5.74, 6) is -2.54. The van der Waals surface area contributed by atoms with E-state index in [1.807, 2.05) is 66.1 Å². The minimum Gasteiger partial charge on any atom is -0.503 e. The van der Waals surface area contributed by atoms with Crippen molar-refractivity contribution in [3.63, 3.8) is 0 Å². The number of esters is 1. The van der Waals surface area contributed by atoms with Gasteiger partial charge in [0, 0.05) is 59.3 Å². The van der Waals surface area contributed by atoms with E-state index in [9.17, 15) is 34.2 Å². The Balaban J connectivity index is 0.703.